The number of benzene rings is 2. The van der Waals surface area contributed by atoms with Gasteiger partial charge in [0.25, 0.3) is 5.91 Å². The highest BCUT2D eigenvalue weighted by molar-refractivity contribution is 6.00. The van der Waals surface area contributed by atoms with Crippen molar-refractivity contribution in [1.29, 1.82) is 0 Å². The van der Waals surface area contributed by atoms with E-state index in [0.717, 1.165) is 65.9 Å². The molecule has 4 aromatic rings. The zero-order valence-electron chi connectivity index (χ0n) is 25.5. The Balaban J connectivity index is 1.25. The minimum atomic E-state index is -0.577. The molecule has 2 aliphatic heterocycles. The zero-order valence-corrected chi connectivity index (χ0v) is 25.5. The van der Waals surface area contributed by atoms with Crippen LogP contribution in [0.4, 0.5) is 4.79 Å². The van der Waals surface area contributed by atoms with Crippen LogP contribution in [0, 0.1) is 11.8 Å². The number of carbonyl (C=O) groups excluding carboxylic acids is 2. The van der Waals surface area contributed by atoms with Gasteiger partial charge in [-0.15, -0.1) is 0 Å². The lowest BCUT2D eigenvalue weighted by Crippen LogP contribution is -2.46. The van der Waals surface area contributed by atoms with Gasteiger partial charge in [0.1, 0.15) is 16.9 Å². The molecule has 2 aromatic carbocycles. The number of nitrogens with zero attached hydrogens (tertiary/aromatic N) is 4. The molecule has 226 valence electrons. The van der Waals surface area contributed by atoms with Gasteiger partial charge in [0.15, 0.2) is 5.82 Å². The molecule has 10 nitrogen and oxygen atoms in total. The summed E-state index contributed by atoms with van der Waals surface area (Å²) >= 11 is 0. The van der Waals surface area contributed by atoms with E-state index in [2.05, 4.69) is 57.1 Å². The normalized spacial score (nSPS) is 21.9. The van der Waals surface area contributed by atoms with E-state index in [1.807, 2.05) is 37.8 Å². The molecule has 2 saturated heterocycles. The monoisotopic (exact) mass is 584 g/mol. The standard InChI is InChI=1S/C33H40N6O4/c1-33(2,3)43-32(41)36-28-21-10-11-25(28)38(18-21)31(40)22-12-23-29(27(14-22)42-5)39(17-19-15-34-16-19)30(35-23)26-13-20-8-6-7-9-24(20)37(26)4/h6-9,12-14,19,21,25,28,34H,10-11,15-18H2,1-5H3,(H,36,41)/t21-,25-,28-/m1/s1. The molecule has 0 radical (unpaired) electrons. The number of methoxy groups -OCH3 is 1. The summed E-state index contributed by atoms with van der Waals surface area (Å²) in [6.45, 7) is 8.89. The maximum Gasteiger partial charge on any atom is 0.407 e. The highest BCUT2D eigenvalue weighted by Crippen LogP contribution is 2.40. The quantitative estimate of drug-likeness (QED) is 0.345. The van der Waals surface area contributed by atoms with Crippen LogP contribution < -0.4 is 15.4 Å². The smallest absolute Gasteiger partial charge is 0.407 e. The average molecular weight is 585 g/mol. The van der Waals surface area contributed by atoms with Crippen molar-refractivity contribution in [3.63, 3.8) is 0 Å². The number of ether oxygens (including phenoxy) is 2. The first kappa shape index (κ1) is 27.8. The second-order valence-electron chi connectivity index (χ2n) is 13.3. The molecule has 0 spiro atoms. The van der Waals surface area contributed by atoms with Gasteiger partial charge in [0.05, 0.1) is 30.4 Å². The third-order valence-electron chi connectivity index (χ3n) is 9.29. The molecule has 3 fully saturated rings. The number of rotatable bonds is 6. The number of alkyl carbamates (subject to hydrolysis) is 1. The number of aryl methyl sites for hydroxylation is 1. The summed E-state index contributed by atoms with van der Waals surface area (Å²) in [7, 11) is 3.73. The van der Waals surface area contributed by atoms with Gasteiger partial charge in [0.2, 0.25) is 0 Å². The first-order chi connectivity index (χ1) is 20.6. The minimum Gasteiger partial charge on any atom is -0.494 e. The number of piperidine rings is 1. The van der Waals surface area contributed by atoms with E-state index in [0.29, 0.717) is 23.8 Å². The Morgan fingerprint density at radius 1 is 1.12 bits per heavy atom. The maximum absolute atomic E-state index is 14.1. The summed E-state index contributed by atoms with van der Waals surface area (Å²) < 4.78 is 15.9. The number of carbonyl (C=O) groups is 2. The Morgan fingerprint density at radius 2 is 1.91 bits per heavy atom. The first-order valence-corrected chi connectivity index (χ1v) is 15.3. The lowest BCUT2D eigenvalue weighted by atomic mass is 10.0. The molecule has 3 atom stereocenters. The van der Waals surface area contributed by atoms with Gasteiger partial charge < -0.3 is 34.1 Å². The first-order valence-electron chi connectivity index (χ1n) is 15.3. The van der Waals surface area contributed by atoms with Crippen molar-refractivity contribution in [2.45, 2.75) is 57.8 Å². The molecule has 2 bridgehead atoms. The van der Waals surface area contributed by atoms with E-state index in [9.17, 15) is 9.59 Å². The van der Waals surface area contributed by atoms with Gasteiger partial charge in [-0.1, -0.05) is 18.2 Å². The number of imidazole rings is 1. The summed E-state index contributed by atoms with van der Waals surface area (Å²) in [5.41, 5.74) is 3.77. The van der Waals surface area contributed by atoms with Crippen molar-refractivity contribution in [2.75, 3.05) is 26.7 Å². The van der Waals surface area contributed by atoms with E-state index in [1.54, 1.807) is 7.11 Å². The van der Waals surface area contributed by atoms with Crippen LogP contribution in [0.2, 0.25) is 0 Å². The lowest BCUT2D eigenvalue weighted by Gasteiger charge is -2.29. The van der Waals surface area contributed by atoms with Gasteiger partial charge in [-0.05, 0) is 63.8 Å². The Kier molecular flexibility index (Phi) is 6.65. The predicted octanol–water partition coefficient (Wildman–Crippen LogP) is 4.55. The number of amides is 2. The molecule has 2 amide bonds. The SMILES string of the molecule is COc1cc(C(=O)N2C[C@H]3CC[C@@H]2[C@@H]3NC(=O)OC(C)(C)C)cc2nc(-c3cc4ccccc4n3C)n(CC3CNC3)c12. The molecule has 2 aromatic heterocycles. The Morgan fingerprint density at radius 3 is 2.60 bits per heavy atom. The predicted molar refractivity (Wildman–Crippen MR) is 165 cm³/mol. The second kappa shape index (κ2) is 10.3. The van der Waals surface area contributed by atoms with Crippen LogP contribution in [0.5, 0.6) is 5.75 Å². The zero-order chi connectivity index (χ0) is 30.0. The molecule has 2 N–H and O–H groups in total. The van der Waals surface area contributed by atoms with Crippen LogP contribution in [-0.4, -0.2) is 75.4 Å². The van der Waals surface area contributed by atoms with Crippen LogP contribution in [0.15, 0.2) is 42.5 Å². The van der Waals surface area contributed by atoms with E-state index in [1.165, 1.54) is 0 Å². The summed E-state index contributed by atoms with van der Waals surface area (Å²) in [4.78, 5) is 33.7. The van der Waals surface area contributed by atoms with E-state index in [4.69, 9.17) is 14.5 Å². The van der Waals surface area contributed by atoms with Crippen molar-refractivity contribution in [3.8, 4) is 17.3 Å². The molecule has 1 aliphatic carbocycles. The third kappa shape index (κ3) is 4.81. The summed E-state index contributed by atoms with van der Waals surface area (Å²) in [5, 5.41) is 7.60. The summed E-state index contributed by atoms with van der Waals surface area (Å²) in [5.74, 6) is 2.14. The van der Waals surface area contributed by atoms with E-state index >= 15 is 0 Å². The second-order valence-corrected chi connectivity index (χ2v) is 13.3. The molecule has 43 heavy (non-hydrogen) atoms. The van der Waals surface area contributed by atoms with Gasteiger partial charge in [-0.3, -0.25) is 4.79 Å². The number of para-hydroxylation sites is 1. The highest BCUT2D eigenvalue weighted by atomic mass is 16.6. The van der Waals surface area contributed by atoms with E-state index in [-0.39, 0.29) is 23.9 Å². The molecular weight excluding hydrogens is 544 g/mol. The van der Waals surface area contributed by atoms with Crippen molar-refractivity contribution in [2.24, 2.45) is 18.9 Å². The number of hydrogen-bond acceptors (Lipinski definition) is 6. The Hall–Kier alpha value is -4.05. The van der Waals surface area contributed by atoms with Crippen LogP contribution >= 0.6 is 0 Å². The van der Waals surface area contributed by atoms with Gasteiger partial charge in [-0.25, -0.2) is 9.78 Å². The molecule has 1 saturated carbocycles. The van der Waals surface area contributed by atoms with Crippen molar-refractivity contribution in [3.05, 3.63) is 48.0 Å². The molecule has 0 unspecified atom stereocenters. The number of nitrogens with one attached hydrogen (secondary N) is 2. The van der Waals surface area contributed by atoms with Crippen LogP contribution in [-0.2, 0) is 18.3 Å². The minimum absolute atomic E-state index is 0.0627. The molecular formula is C33H40N6O4. The van der Waals surface area contributed by atoms with Crippen LogP contribution in [0.1, 0.15) is 44.0 Å². The lowest BCUT2D eigenvalue weighted by molar-refractivity contribution is 0.0485. The van der Waals surface area contributed by atoms with Crippen molar-refractivity contribution < 1.29 is 19.1 Å². The number of fused-ring (bicyclic) bond motifs is 4. The number of likely N-dealkylation sites (tertiary alicyclic amines) is 1. The Labute approximate surface area is 251 Å². The van der Waals surface area contributed by atoms with Crippen LogP contribution in [0.3, 0.4) is 0 Å². The molecule has 10 heteroatoms. The fourth-order valence-electron chi connectivity index (χ4n) is 7.18. The molecule has 3 aliphatic rings. The maximum atomic E-state index is 14.1. The summed E-state index contributed by atoms with van der Waals surface area (Å²) in [6.07, 6.45) is 1.40. The number of hydrogen-bond donors (Lipinski definition) is 2. The average Bonchev–Trinajstić information content (AvgIpc) is 3.69. The molecule has 7 rings (SSSR count). The van der Waals surface area contributed by atoms with Gasteiger partial charge >= 0.3 is 6.09 Å². The Bertz CT molecular complexity index is 1730. The van der Waals surface area contributed by atoms with Crippen molar-refractivity contribution in [1.82, 2.24) is 29.7 Å². The number of aromatic nitrogens is 3. The topological polar surface area (TPSA) is 103 Å². The fraction of sp³-hybridized carbons (Fsp3) is 0.485. The third-order valence-corrected chi connectivity index (χ3v) is 9.29. The summed E-state index contributed by atoms with van der Waals surface area (Å²) in [6, 6.07) is 14.1. The van der Waals surface area contributed by atoms with Gasteiger partial charge in [-0.2, -0.15) is 0 Å². The van der Waals surface area contributed by atoms with E-state index < -0.39 is 11.7 Å². The highest BCUT2D eigenvalue weighted by Gasteiger charge is 2.50. The van der Waals surface area contributed by atoms with Gasteiger partial charge in [0, 0.05) is 55.6 Å². The fourth-order valence-corrected chi connectivity index (χ4v) is 7.18. The molecule has 4 heterocycles. The largest absolute Gasteiger partial charge is 0.494 e. The van der Waals surface area contributed by atoms with Crippen molar-refractivity contribution >= 4 is 33.9 Å². The van der Waals surface area contributed by atoms with Crippen LogP contribution in [0.25, 0.3) is 33.5 Å².